The van der Waals surface area contributed by atoms with E-state index in [-0.39, 0.29) is 4.90 Å². The van der Waals surface area contributed by atoms with Gasteiger partial charge in [-0.3, -0.25) is 4.79 Å². The monoisotopic (exact) mass is 409 g/mol. The molecule has 2 aromatic carbocycles. The zero-order chi connectivity index (χ0) is 17.6. The summed E-state index contributed by atoms with van der Waals surface area (Å²) in [5, 5.41) is 0.877. The standard InChI is InChI=1S/C14H10BrNO2S.C3H6O2/c15-13-7-4-8-14-12(13)9-10-16(14)19(17,18)11-5-2-1-3-6-11;1-2-5-3-4/h1-10H;3H,2H2,1H3. The lowest BCUT2D eigenvalue weighted by atomic mass is 10.3. The molecule has 7 heteroatoms. The van der Waals surface area contributed by atoms with Crippen molar-refractivity contribution in [2.75, 3.05) is 6.61 Å². The number of benzene rings is 2. The summed E-state index contributed by atoms with van der Waals surface area (Å²) in [6, 6.07) is 15.7. The highest BCUT2D eigenvalue weighted by molar-refractivity contribution is 9.10. The molecule has 0 radical (unpaired) electrons. The third kappa shape index (κ3) is 3.85. The maximum Gasteiger partial charge on any atom is 0.293 e. The van der Waals surface area contributed by atoms with Gasteiger partial charge >= 0.3 is 0 Å². The van der Waals surface area contributed by atoms with E-state index in [9.17, 15) is 13.2 Å². The van der Waals surface area contributed by atoms with E-state index in [1.54, 1.807) is 55.6 Å². The number of carbonyl (C=O) groups is 1. The third-order valence-corrected chi connectivity index (χ3v) is 5.57. The lowest BCUT2D eigenvalue weighted by Crippen LogP contribution is -2.11. The molecule has 0 aliphatic rings. The smallest absolute Gasteiger partial charge is 0.293 e. The van der Waals surface area contributed by atoms with Gasteiger partial charge in [0.2, 0.25) is 0 Å². The number of fused-ring (bicyclic) bond motifs is 1. The molecule has 3 rings (SSSR count). The second-order valence-corrected chi connectivity index (χ2v) is 7.32. The highest BCUT2D eigenvalue weighted by atomic mass is 79.9. The van der Waals surface area contributed by atoms with Gasteiger partial charge in [0.1, 0.15) is 0 Å². The minimum atomic E-state index is -3.54. The number of nitrogens with zero attached hydrogens (tertiary/aromatic N) is 1. The molecule has 126 valence electrons. The summed E-state index contributed by atoms with van der Waals surface area (Å²) >= 11 is 3.43. The molecule has 24 heavy (non-hydrogen) atoms. The molecule has 0 amide bonds. The van der Waals surface area contributed by atoms with Crippen LogP contribution in [0.1, 0.15) is 6.92 Å². The first-order chi connectivity index (χ1) is 11.5. The van der Waals surface area contributed by atoms with Crippen LogP contribution >= 0.6 is 15.9 Å². The van der Waals surface area contributed by atoms with Crippen molar-refractivity contribution in [3.8, 4) is 0 Å². The number of hydrogen-bond donors (Lipinski definition) is 0. The van der Waals surface area contributed by atoms with Gasteiger partial charge in [0.15, 0.2) is 0 Å². The Labute approximate surface area is 149 Å². The van der Waals surface area contributed by atoms with Crippen LogP contribution in [-0.2, 0) is 19.6 Å². The predicted octanol–water partition coefficient (Wildman–Crippen LogP) is 3.82. The summed E-state index contributed by atoms with van der Waals surface area (Å²) in [7, 11) is -3.54. The number of halogens is 1. The number of hydrogen-bond acceptors (Lipinski definition) is 4. The van der Waals surface area contributed by atoms with Gasteiger partial charge in [0.05, 0.1) is 17.0 Å². The first-order valence-electron chi connectivity index (χ1n) is 7.13. The Morgan fingerprint density at radius 2 is 1.79 bits per heavy atom. The molecule has 0 fully saturated rings. The first-order valence-corrected chi connectivity index (χ1v) is 9.37. The fourth-order valence-corrected chi connectivity index (χ4v) is 3.94. The Morgan fingerprint density at radius 1 is 1.08 bits per heavy atom. The maximum absolute atomic E-state index is 12.6. The van der Waals surface area contributed by atoms with Crippen molar-refractivity contribution in [1.29, 1.82) is 0 Å². The summed E-state index contributed by atoms with van der Waals surface area (Å²) in [6.07, 6.45) is 1.58. The van der Waals surface area contributed by atoms with E-state index >= 15 is 0 Å². The summed E-state index contributed by atoms with van der Waals surface area (Å²) in [5.41, 5.74) is 0.665. The quantitative estimate of drug-likeness (QED) is 0.614. The largest absolute Gasteiger partial charge is 0.468 e. The van der Waals surface area contributed by atoms with Crippen LogP contribution in [0.5, 0.6) is 0 Å². The van der Waals surface area contributed by atoms with E-state index in [1.807, 2.05) is 12.1 Å². The molecule has 0 saturated heterocycles. The van der Waals surface area contributed by atoms with Crippen LogP contribution < -0.4 is 0 Å². The Bertz CT molecular complexity index is 920. The Hall–Kier alpha value is -2.12. The number of ether oxygens (including phenoxy) is 1. The minimum absolute atomic E-state index is 0.285. The van der Waals surface area contributed by atoms with Gasteiger partial charge in [0.25, 0.3) is 16.5 Å². The molecule has 0 aliphatic heterocycles. The van der Waals surface area contributed by atoms with Crippen molar-refractivity contribution in [2.24, 2.45) is 0 Å². The van der Waals surface area contributed by atoms with Crippen LogP contribution in [0.2, 0.25) is 0 Å². The van der Waals surface area contributed by atoms with Crippen LogP contribution in [0.3, 0.4) is 0 Å². The number of rotatable bonds is 4. The van der Waals surface area contributed by atoms with E-state index in [1.165, 1.54) is 3.97 Å². The summed E-state index contributed by atoms with van der Waals surface area (Å²) < 4.78 is 31.5. The molecule has 0 aliphatic carbocycles. The maximum atomic E-state index is 12.6. The molecule has 5 nitrogen and oxygen atoms in total. The minimum Gasteiger partial charge on any atom is -0.468 e. The molecular weight excluding hydrogens is 394 g/mol. The third-order valence-electron chi connectivity index (χ3n) is 3.18. The van der Waals surface area contributed by atoms with Gasteiger partial charge in [-0.1, -0.05) is 40.2 Å². The fourth-order valence-electron chi connectivity index (χ4n) is 2.09. The SMILES string of the molecule is CCOC=O.O=S(=O)(c1ccccc1)n1ccc2c(Br)cccc21. The van der Waals surface area contributed by atoms with Gasteiger partial charge in [-0.2, -0.15) is 0 Å². The average molecular weight is 410 g/mol. The predicted molar refractivity (Wildman–Crippen MR) is 96.4 cm³/mol. The van der Waals surface area contributed by atoms with Gasteiger partial charge in [0, 0.05) is 16.1 Å². The number of carbonyl (C=O) groups excluding carboxylic acids is 1. The molecule has 1 aromatic heterocycles. The van der Waals surface area contributed by atoms with Gasteiger partial charge in [-0.15, -0.1) is 0 Å². The average Bonchev–Trinajstić information content (AvgIpc) is 3.03. The molecule has 0 atom stereocenters. The van der Waals surface area contributed by atoms with E-state index in [0.717, 1.165) is 9.86 Å². The first kappa shape index (κ1) is 18.2. The molecule has 0 bridgehead atoms. The van der Waals surface area contributed by atoms with Crippen LogP contribution in [-0.4, -0.2) is 25.5 Å². The summed E-state index contributed by atoms with van der Waals surface area (Å²) in [6.45, 7) is 2.66. The molecule has 3 aromatic rings. The molecular formula is C17H16BrNO4S. The van der Waals surface area contributed by atoms with Crippen molar-refractivity contribution in [3.05, 3.63) is 65.3 Å². The highest BCUT2D eigenvalue weighted by Crippen LogP contribution is 2.27. The summed E-state index contributed by atoms with van der Waals surface area (Å²) in [4.78, 5) is 9.47. The van der Waals surface area contributed by atoms with Crippen LogP contribution in [0, 0.1) is 0 Å². The van der Waals surface area contributed by atoms with Gasteiger partial charge in [-0.25, -0.2) is 12.4 Å². The molecule has 1 heterocycles. The van der Waals surface area contributed by atoms with Crippen LogP contribution in [0.25, 0.3) is 10.9 Å². The van der Waals surface area contributed by atoms with Gasteiger partial charge in [-0.05, 0) is 37.3 Å². The van der Waals surface area contributed by atoms with E-state index in [4.69, 9.17) is 0 Å². The van der Waals surface area contributed by atoms with Crippen LogP contribution in [0.4, 0.5) is 0 Å². The molecule has 0 spiro atoms. The van der Waals surface area contributed by atoms with E-state index in [2.05, 4.69) is 20.7 Å². The van der Waals surface area contributed by atoms with E-state index in [0.29, 0.717) is 18.6 Å². The Kier molecular flexibility index (Phi) is 6.16. The zero-order valence-electron chi connectivity index (χ0n) is 12.9. The van der Waals surface area contributed by atoms with Gasteiger partial charge < -0.3 is 4.74 Å². The molecule has 0 unspecified atom stereocenters. The normalized spacial score (nSPS) is 10.8. The zero-order valence-corrected chi connectivity index (χ0v) is 15.3. The second-order valence-electron chi connectivity index (χ2n) is 4.65. The van der Waals surface area contributed by atoms with Crippen molar-refractivity contribution >= 4 is 43.3 Å². The second kappa shape index (κ2) is 8.12. The van der Waals surface area contributed by atoms with Crippen molar-refractivity contribution in [1.82, 2.24) is 3.97 Å². The number of aromatic nitrogens is 1. The molecule has 0 N–H and O–H groups in total. The fraction of sp³-hybridized carbons (Fsp3) is 0.118. The topological polar surface area (TPSA) is 65.4 Å². The van der Waals surface area contributed by atoms with Crippen molar-refractivity contribution in [2.45, 2.75) is 11.8 Å². The van der Waals surface area contributed by atoms with E-state index < -0.39 is 10.0 Å². The summed E-state index contributed by atoms with van der Waals surface area (Å²) in [5.74, 6) is 0. The van der Waals surface area contributed by atoms with Crippen molar-refractivity contribution < 1.29 is 17.9 Å². The lowest BCUT2D eigenvalue weighted by Gasteiger charge is -2.07. The highest BCUT2D eigenvalue weighted by Gasteiger charge is 2.18. The molecule has 0 saturated carbocycles. The van der Waals surface area contributed by atoms with Crippen molar-refractivity contribution in [3.63, 3.8) is 0 Å². The Balaban J connectivity index is 0.000000368. The Morgan fingerprint density at radius 3 is 2.38 bits per heavy atom. The van der Waals surface area contributed by atoms with Crippen LogP contribution in [0.15, 0.2) is 70.2 Å². The lowest BCUT2D eigenvalue weighted by molar-refractivity contribution is -0.128.